The number of halogens is 3. The van der Waals surface area contributed by atoms with Crippen LogP contribution >= 0.6 is 43.5 Å². The Bertz CT molecular complexity index is 2090. The van der Waals surface area contributed by atoms with Crippen molar-refractivity contribution in [2.75, 3.05) is 22.5 Å². The van der Waals surface area contributed by atoms with Crippen LogP contribution in [0.3, 0.4) is 0 Å². The SMILES string of the molecule is Brc1ccc2ccn(-c3cc(Nc4ccccc4)ncn3)c2c1.Clc1cc(N2CCc3ccc(Br)cc32)ncn1.Nc1ccccc1. The molecule has 11 heteroatoms. The average molecular weight is 769 g/mol. The fraction of sp³-hybridized carbons (Fsp3) is 0.0556. The van der Waals surface area contributed by atoms with E-state index in [1.807, 2.05) is 79.0 Å². The summed E-state index contributed by atoms with van der Waals surface area (Å²) < 4.78 is 4.17. The largest absolute Gasteiger partial charge is 0.399 e. The van der Waals surface area contributed by atoms with Crippen molar-refractivity contribution >= 4 is 83.1 Å². The molecule has 0 atom stereocenters. The minimum atomic E-state index is 0.471. The molecule has 0 saturated heterocycles. The molecule has 7 aromatic rings. The number of nitrogens with one attached hydrogen (secondary N) is 1. The van der Waals surface area contributed by atoms with Gasteiger partial charge in [0.05, 0.1) is 5.52 Å². The van der Waals surface area contributed by atoms with Crippen LogP contribution in [0.25, 0.3) is 16.7 Å². The molecule has 0 fully saturated rings. The van der Waals surface area contributed by atoms with Gasteiger partial charge in [0.15, 0.2) is 0 Å². The molecule has 0 unspecified atom stereocenters. The first-order chi connectivity index (χ1) is 22.9. The lowest BCUT2D eigenvalue weighted by Crippen LogP contribution is -2.14. The quantitative estimate of drug-likeness (QED) is 0.136. The third-order valence-corrected chi connectivity index (χ3v) is 8.43. The number of rotatable bonds is 4. The van der Waals surface area contributed by atoms with E-state index in [0.29, 0.717) is 5.15 Å². The number of nitrogens with zero attached hydrogens (tertiary/aromatic N) is 6. The van der Waals surface area contributed by atoms with Crippen LogP contribution in [0, 0.1) is 0 Å². The van der Waals surface area contributed by atoms with Crippen LogP contribution in [0.2, 0.25) is 5.15 Å². The first-order valence-corrected chi connectivity index (χ1v) is 16.6. The summed E-state index contributed by atoms with van der Waals surface area (Å²) in [7, 11) is 0. The Morgan fingerprint density at radius 2 is 1.40 bits per heavy atom. The Kier molecular flexibility index (Phi) is 10.4. The molecule has 0 aliphatic carbocycles. The van der Waals surface area contributed by atoms with Gasteiger partial charge in [-0.15, -0.1) is 0 Å². The predicted octanol–water partition coefficient (Wildman–Crippen LogP) is 9.78. The molecule has 47 heavy (non-hydrogen) atoms. The maximum Gasteiger partial charge on any atom is 0.142 e. The molecule has 3 aromatic heterocycles. The summed E-state index contributed by atoms with van der Waals surface area (Å²) in [6.45, 7) is 0.930. The zero-order valence-electron chi connectivity index (χ0n) is 25.0. The van der Waals surface area contributed by atoms with Gasteiger partial charge in [-0.25, -0.2) is 19.9 Å². The minimum absolute atomic E-state index is 0.471. The lowest BCUT2D eigenvalue weighted by molar-refractivity contribution is 0.964. The fourth-order valence-electron chi connectivity index (χ4n) is 5.03. The predicted molar refractivity (Wildman–Crippen MR) is 199 cm³/mol. The molecule has 0 bridgehead atoms. The van der Waals surface area contributed by atoms with E-state index in [4.69, 9.17) is 17.3 Å². The van der Waals surface area contributed by atoms with Crippen molar-refractivity contribution in [3.8, 4) is 5.82 Å². The second-order valence-corrected chi connectivity index (χ2v) is 12.6. The van der Waals surface area contributed by atoms with Crippen LogP contribution in [-0.2, 0) is 6.42 Å². The maximum atomic E-state index is 5.89. The van der Waals surface area contributed by atoms with Crippen LogP contribution in [0.15, 0.2) is 143 Å². The normalized spacial score (nSPS) is 11.6. The highest BCUT2D eigenvalue weighted by Gasteiger charge is 2.21. The van der Waals surface area contributed by atoms with E-state index in [1.54, 1.807) is 12.4 Å². The van der Waals surface area contributed by atoms with Crippen molar-refractivity contribution in [3.63, 3.8) is 0 Å². The number of hydrogen-bond donors (Lipinski definition) is 2. The van der Waals surface area contributed by atoms with Crippen LogP contribution in [0.5, 0.6) is 0 Å². The van der Waals surface area contributed by atoms with Gasteiger partial charge in [0.1, 0.15) is 35.3 Å². The van der Waals surface area contributed by atoms with E-state index in [-0.39, 0.29) is 0 Å². The highest BCUT2D eigenvalue weighted by Crippen LogP contribution is 2.35. The Labute approximate surface area is 294 Å². The van der Waals surface area contributed by atoms with Gasteiger partial charge >= 0.3 is 0 Å². The first-order valence-electron chi connectivity index (χ1n) is 14.7. The number of anilines is 5. The number of benzene rings is 4. The number of hydrogen-bond acceptors (Lipinski definition) is 7. The molecule has 0 radical (unpaired) electrons. The summed E-state index contributed by atoms with van der Waals surface area (Å²) in [6, 6.07) is 37.8. The summed E-state index contributed by atoms with van der Waals surface area (Å²) in [5.41, 5.74) is 10.8. The smallest absolute Gasteiger partial charge is 0.142 e. The van der Waals surface area contributed by atoms with Gasteiger partial charge < -0.3 is 20.5 Å². The van der Waals surface area contributed by atoms with Gasteiger partial charge in [-0.1, -0.05) is 92.0 Å². The van der Waals surface area contributed by atoms with E-state index in [2.05, 4.69) is 103 Å². The Balaban J connectivity index is 0.000000141. The van der Waals surface area contributed by atoms with Crippen molar-refractivity contribution in [2.24, 2.45) is 0 Å². The summed E-state index contributed by atoms with van der Waals surface area (Å²) in [5.74, 6) is 2.44. The van der Waals surface area contributed by atoms with Crippen LogP contribution in [0.1, 0.15) is 5.56 Å². The van der Waals surface area contributed by atoms with Crippen LogP contribution in [-0.4, -0.2) is 31.0 Å². The summed E-state index contributed by atoms with van der Waals surface area (Å²) >= 11 is 12.9. The van der Waals surface area contributed by atoms with Gasteiger partial charge in [-0.05, 0) is 66.6 Å². The van der Waals surface area contributed by atoms with Crippen molar-refractivity contribution in [2.45, 2.75) is 6.42 Å². The zero-order valence-corrected chi connectivity index (χ0v) is 28.9. The maximum absolute atomic E-state index is 5.89. The van der Waals surface area contributed by atoms with Gasteiger partial charge in [-0.2, -0.15) is 0 Å². The highest BCUT2D eigenvalue weighted by atomic mass is 79.9. The monoisotopic (exact) mass is 766 g/mol. The van der Waals surface area contributed by atoms with Gasteiger partial charge in [0, 0.05) is 56.3 Å². The fourth-order valence-corrected chi connectivity index (χ4v) is 5.87. The van der Waals surface area contributed by atoms with Gasteiger partial charge in [0.2, 0.25) is 0 Å². The molecule has 4 aromatic carbocycles. The molecule has 234 valence electrons. The third kappa shape index (κ3) is 8.34. The minimum Gasteiger partial charge on any atom is -0.399 e. The first kappa shape index (κ1) is 32.2. The van der Waals surface area contributed by atoms with Gasteiger partial charge in [0.25, 0.3) is 0 Å². The molecule has 8 rings (SSSR count). The molecule has 0 spiro atoms. The summed E-state index contributed by atoms with van der Waals surface area (Å²) in [5, 5.41) is 4.93. The summed E-state index contributed by atoms with van der Waals surface area (Å²) in [6.07, 6.45) is 6.12. The Morgan fingerprint density at radius 3 is 2.15 bits per heavy atom. The average Bonchev–Trinajstić information content (AvgIpc) is 3.70. The number of nitrogens with two attached hydrogens (primary N) is 1. The third-order valence-electron chi connectivity index (χ3n) is 7.24. The molecule has 8 nitrogen and oxygen atoms in total. The Morgan fingerprint density at radius 1 is 0.702 bits per heavy atom. The number of fused-ring (bicyclic) bond motifs is 2. The zero-order chi connectivity index (χ0) is 32.6. The van der Waals surface area contributed by atoms with Crippen LogP contribution < -0.4 is 16.0 Å². The molecule has 0 saturated carbocycles. The Hall–Kier alpha value is -4.77. The molecule has 1 aliphatic rings. The van der Waals surface area contributed by atoms with Crippen molar-refractivity contribution in [3.05, 3.63) is 154 Å². The van der Waals surface area contributed by atoms with E-state index in [0.717, 1.165) is 56.3 Å². The lowest BCUT2D eigenvalue weighted by atomic mass is 10.2. The lowest BCUT2D eigenvalue weighted by Gasteiger charge is -2.18. The molecule has 4 heterocycles. The van der Waals surface area contributed by atoms with Crippen molar-refractivity contribution < 1.29 is 0 Å². The van der Waals surface area contributed by atoms with E-state index in [1.165, 1.54) is 23.0 Å². The number of aromatic nitrogens is 5. The standard InChI is InChI=1S/C18H13BrN4.C12H9BrClN3.C6H7N/c19-14-7-6-13-8-9-23(16(13)10-14)18-11-17(20-12-21-18)22-15-4-2-1-3-5-15;13-9-2-1-8-3-4-17(10(8)5-9)12-6-11(14)15-7-16-12;7-6-4-2-1-3-5-6/h1-12H,(H,20,21,22);1-2,5-7H,3-4H2;1-5H,7H2. The highest BCUT2D eigenvalue weighted by molar-refractivity contribution is 9.10. The number of nitrogen functional groups attached to an aromatic ring is 1. The van der Waals surface area contributed by atoms with Crippen molar-refractivity contribution in [1.29, 1.82) is 0 Å². The van der Waals surface area contributed by atoms with E-state index in [9.17, 15) is 0 Å². The molecule has 0 amide bonds. The molecule has 1 aliphatic heterocycles. The molecule has 3 N–H and O–H groups in total. The second kappa shape index (κ2) is 15.2. The van der Waals surface area contributed by atoms with E-state index < -0.39 is 0 Å². The topological polar surface area (TPSA) is 97.8 Å². The van der Waals surface area contributed by atoms with Gasteiger partial charge in [-0.3, -0.25) is 0 Å². The summed E-state index contributed by atoms with van der Waals surface area (Å²) in [4.78, 5) is 19.0. The van der Waals surface area contributed by atoms with Crippen molar-refractivity contribution in [1.82, 2.24) is 24.5 Å². The molecular weight excluding hydrogens is 740 g/mol. The van der Waals surface area contributed by atoms with E-state index >= 15 is 0 Å². The second-order valence-electron chi connectivity index (χ2n) is 10.4. The van der Waals surface area contributed by atoms with Crippen LogP contribution in [0.4, 0.5) is 28.7 Å². The molecular formula is C36H29Br2ClN8. The number of para-hydroxylation sites is 2.